The number of nitrogens with one attached hydrogen (secondary N) is 1. The van der Waals surface area contributed by atoms with Gasteiger partial charge in [0.15, 0.2) is 0 Å². The van der Waals surface area contributed by atoms with Crippen molar-refractivity contribution in [2.45, 2.75) is 19.2 Å². The zero-order valence-electron chi connectivity index (χ0n) is 13.2. The SMILES string of the molecule is O=C(N[C@H](Cn1cccn1)c1ccccc1)c1ccc(CO)cc1. The largest absolute Gasteiger partial charge is 0.392 e. The number of carbonyl (C=O) groups excluding carboxylic acids is 1. The average molecular weight is 321 g/mol. The molecule has 3 rings (SSSR count). The van der Waals surface area contributed by atoms with Gasteiger partial charge < -0.3 is 10.4 Å². The summed E-state index contributed by atoms with van der Waals surface area (Å²) >= 11 is 0. The Morgan fingerprint density at radius 1 is 1.08 bits per heavy atom. The number of carbonyl (C=O) groups is 1. The van der Waals surface area contributed by atoms with Gasteiger partial charge in [-0.25, -0.2) is 0 Å². The van der Waals surface area contributed by atoms with Crippen LogP contribution >= 0.6 is 0 Å². The molecular formula is C19H19N3O2. The molecule has 0 radical (unpaired) electrons. The van der Waals surface area contributed by atoms with Crippen LogP contribution in [0.25, 0.3) is 0 Å². The molecule has 0 aliphatic rings. The third-order valence-corrected chi connectivity index (χ3v) is 3.83. The van der Waals surface area contributed by atoms with E-state index < -0.39 is 0 Å². The van der Waals surface area contributed by atoms with Crippen LogP contribution in [-0.2, 0) is 13.2 Å². The minimum atomic E-state index is -0.184. The molecule has 0 spiro atoms. The van der Waals surface area contributed by atoms with Crippen LogP contribution in [0.5, 0.6) is 0 Å². The van der Waals surface area contributed by atoms with Gasteiger partial charge in [-0.3, -0.25) is 9.48 Å². The first-order valence-corrected chi connectivity index (χ1v) is 7.79. The molecule has 0 aliphatic carbocycles. The fourth-order valence-corrected chi connectivity index (χ4v) is 2.52. The van der Waals surface area contributed by atoms with Crippen LogP contribution < -0.4 is 5.32 Å². The molecule has 5 heteroatoms. The second-order valence-corrected chi connectivity index (χ2v) is 5.52. The highest BCUT2D eigenvalue weighted by atomic mass is 16.3. The van der Waals surface area contributed by atoms with E-state index in [2.05, 4.69) is 10.4 Å². The fraction of sp³-hybridized carbons (Fsp3) is 0.158. The van der Waals surface area contributed by atoms with E-state index in [1.165, 1.54) is 0 Å². The maximum Gasteiger partial charge on any atom is 0.251 e. The number of amides is 1. The molecular weight excluding hydrogens is 302 g/mol. The van der Waals surface area contributed by atoms with Gasteiger partial charge >= 0.3 is 0 Å². The minimum absolute atomic E-state index is 0.0339. The third-order valence-electron chi connectivity index (χ3n) is 3.83. The summed E-state index contributed by atoms with van der Waals surface area (Å²) in [5, 5.41) is 16.4. The van der Waals surface area contributed by atoms with Crippen LogP contribution in [0.3, 0.4) is 0 Å². The zero-order chi connectivity index (χ0) is 16.8. The van der Waals surface area contributed by atoms with E-state index >= 15 is 0 Å². The maximum absolute atomic E-state index is 12.6. The standard InChI is InChI=1S/C19H19N3O2/c23-14-15-7-9-17(10-8-15)19(24)21-18(13-22-12-4-11-20-22)16-5-2-1-3-6-16/h1-12,18,23H,13-14H2,(H,21,24)/t18-/m1/s1. The highest BCUT2D eigenvalue weighted by Crippen LogP contribution is 2.16. The van der Waals surface area contributed by atoms with Crippen molar-refractivity contribution in [3.05, 3.63) is 89.7 Å². The van der Waals surface area contributed by atoms with Gasteiger partial charge in [-0.1, -0.05) is 42.5 Å². The van der Waals surface area contributed by atoms with Gasteiger partial charge in [0.25, 0.3) is 5.91 Å². The fourth-order valence-electron chi connectivity index (χ4n) is 2.52. The molecule has 1 aromatic heterocycles. The highest BCUT2D eigenvalue weighted by Gasteiger charge is 2.16. The van der Waals surface area contributed by atoms with Gasteiger partial charge in [-0.05, 0) is 29.3 Å². The number of hydrogen-bond acceptors (Lipinski definition) is 3. The second kappa shape index (κ2) is 7.57. The van der Waals surface area contributed by atoms with Gasteiger partial charge in [0.05, 0.1) is 19.2 Å². The monoisotopic (exact) mass is 321 g/mol. The second-order valence-electron chi connectivity index (χ2n) is 5.52. The molecule has 0 bridgehead atoms. The Hall–Kier alpha value is -2.92. The smallest absolute Gasteiger partial charge is 0.251 e. The highest BCUT2D eigenvalue weighted by molar-refractivity contribution is 5.94. The van der Waals surface area contributed by atoms with Gasteiger partial charge in [-0.15, -0.1) is 0 Å². The summed E-state index contributed by atoms with van der Waals surface area (Å²) in [5.74, 6) is -0.152. The van der Waals surface area contributed by atoms with Gasteiger partial charge in [-0.2, -0.15) is 5.10 Å². The third kappa shape index (κ3) is 3.88. The van der Waals surface area contributed by atoms with Crippen LogP contribution in [0.2, 0.25) is 0 Å². The van der Waals surface area contributed by atoms with E-state index in [9.17, 15) is 4.79 Å². The molecule has 122 valence electrons. The molecule has 1 heterocycles. The van der Waals surface area contributed by atoms with Crippen molar-refractivity contribution in [2.24, 2.45) is 0 Å². The normalized spacial score (nSPS) is 11.9. The van der Waals surface area contributed by atoms with E-state index in [1.54, 1.807) is 35.1 Å². The summed E-state index contributed by atoms with van der Waals surface area (Å²) in [6.45, 7) is 0.519. The summed E-state index contributed by atoms with van der Waals surface area (Å²) in [6, 6.07) is 18.4. The number of rotatable bonds is 6. The van der Waals surface area contributed by atoms with Crippen LogP contribution in [0.1, 0.15) is 27.5 Å². The lowest BCUT2D eigenvalue weighted by molar-refractivity contribution is 0.0931. The van der Waals surface area contributed by atoms with E-state index in [1.807, 2.05) is 42.6 Å². The number of aliphatic hydroxyl groups is 1. The average Bonchev–Trinajstić information content (AvgIpc) is 3.15. The molecule has 0 unspecified atom stereocenters. The Morgan fingerprint density at radius 3 is 2.46 bits per heavy atom. The molecule has 2 N–H and O–H groups in total. The van der Waals surface area contributed by atoms with E-state index in [0.29, 0.717) is 12.1 Å². The summed E-state index contributed by atoms with van der Waals surface area (Å²) in [7, 11) is 0. The van der Waals surface area contributed by atoms with Crippen LogP contribution in [0, 0.1) is 0 Å². The van der Waals surface area contributed by atoms with E-state index in [-0.39, 0.29) is 18.6 Å². The number of benzene rings is 2. The number of aliphatic hydroxyl groups excluding tert-OH is 1. The van der Waals surface area contributed by atoms with Gasteiger partial charge in [0.2, 0.25) is 0 Å². The van der Waals surface area contributed by atoms with Crippen molar-refractivity contribution in [1.82, 2.24) is 15.1 Å². The maximum atomic E-state index is 12.6. The Bertz CT molecular complexity index is 768. The summed E-state index contributed by atoms with van der Waals surface area (Å²) < 4.78 is 1.80. The van der Waals surface area contributed by atoms with Gasteiger partial charge in [0.1, 0.15) is 0 Å². The molecule has 5 nitrogen and oxygen atoms in total. The lowest BCUT2D eigenvalue weighted by Gasteiger charge is -2.19. The Labute approximate surface area is 140 Å². The molecule has 24 heavy (non-hydrogen) atoms. The van der Waals surface area contributed by atoms with Crippen molar-refractivity contribution in [2.75, 3.05) is 0 Å². The van der Waals surface area contributed by atoms with E-state index in [4.69, 9.17) is 5.11 Å². The summed E-state index contributed by atoms with van der Waals surface area (Å²) in [6.07, 6.45) is 3.59. The number of aromatic nitrogens is 2. The first kappa shape index (κ1) is 16.0. The molecule has 1 atom stereocenters. The Morgan fingerprint density at radius 2 is 1.83 bits per heavy atom. The number of nitrogens with zero attached hydrogens (tertiary/aromatic N) is 2. The molecule has 3 aromatic rings. The topological polar surface area (TPSA) is 67.2 Å². The first-order valence-electron chi connectivity index (χ1n) is 7.79. The Kier molecular flexibility index (Phi) is 5.03. The molecule has 0 saturated heterocycles. The molecule has 0 aliphatic heterocycles. The number of hydrogen-bond donors (Lipinski definition) is 2. The predicted octanol–water partition coefficient (Wildman–Crippen LogP) is 2.55. The lowest BCUT2D eigenvalue weighted by Crippen LogP contribution is -2.31. The summed E-state index contributed by atoms with van der Waals surface area (Å²) in [5.41, 5.74) is 2.37. The minimum Gasteiger partial charge on any atom is -0.392 e. The predicted molar refractivity (Wildman–Crippen MR) is 91.2 cm³/mol. The van der Waals surface area contributed by atoms with Crippen LogP contribution in [0.4, 0.5) is 0 Å². The van der Waals surface area contributed by atoms with Crippen molar-refractivity contribution in [3.8, 4) is 0 Å². The zero-order valence-corrected chi connectivity index (χ0v) is 13.2. The van der Waals surface area contributed by atoms with Crippen molar-refractivity contribution >= 4 is 5.91 Å². The van der Waals surface area contributed by atoms with Crippen molar-refractivity contribution < 1.29 is 9.90 Å². The van der Waals surface area contributed by atoms with Crippen molar-refractivity contribution in [1.29, 1.82) is 0 Å². The summed E-state index contributed by atoms with van der Waals surface area (Å²) in [4.78, 5) is 12.6. The van der Waals surface area contributed by atoms with Crippen LogP contribution in [-0.4, -0.2) is 20.8 Å². The Balaban J connectivity index is 1.78. The molecule has 0 saturated carbocycles. The van der Waals surface area contributed by atoms with E-state index in [0.717, 1.165) is 11.1 Å². The molecule has 0 fully saturated rings. The first-order chi connectivity index (χ1) is 11.8. The quantitative estimate of drug-likeness (QED) is 0.733. The lowest BCUT2D eigenvalue weighted by atomic mass is 10.1. The van der Waals surface area contributed by atoms with Crippen molar-refractivity contribution in [3.63, 3.8) is 0 Å². The van der Waals surface area contributed by atoms with Gasteiger partial charge in [0, 0.05) is 18.0 Å². The molecule has 1 amide bonds. The molecule has 2 aromatic carbocycles. The van der Waals surface area contributed by atoms with Crippen LogP contribution in [0.15, 0.2) is 73.1 Å².